The van der Waals surface area contributed by atoms with Crippen molar-refractivity contribution in [1.29, 1.82) is 0 Å². The van der Waals surface area contributed by atoms with Gasteiger partial charge in [-0.05, 0) is 12.3 Å². The van der Waals surface area contributed by atoms with Gasteiger partial charge in [0, 0.05) is 6.42 Å². The third-order valence-corrected chi connectivity index (χ3v) is 2.74. The van der Waals surface area contributed by atoms with Crippen LogP contribution in [0.15, 0.2) is 0 Å². The van der Waals surface area contributed by atoms with Gasteiger partial charge in [-0.1, -0.05) is 13.8 Å². The minimum absolute atomic E-state index is 0.0116. The fourth-order valence-corrected chi connectivity index (χ4v) is 1.51. The molecule has 0 aromatic carbocycles. The number of rotatable bonds is 4. The summed E-state index contributed by atoms with van der Waals surface area (Å²) in [7, 11) is 0. The zero-order valence-corrected chi connectivity index (χ0v) is 10.0. The molecule has 0 aliphatic carbocycles. The molecule has 1 heterocycles. The summed E-state index contributed by atoms with van der Waals surface area (Å²) in [6.45, 7) is 3.62. The molecule has 3 amide bonds. The van der Waals surface area contributed by atoms with Gasteiger partial charge < -0.3 is 10.4 Å². The van der Waals surface area contributed by atoms with E-state index in [2.05, 4.69) is 10.6 Å². The van der Waals surface area contributed by atoms with Crippen LogP contribution in [0.1, 0.15) is 33.1 Å². The first-order valence-corrected chi connectivity index (χ1v) is 5.71. The molecule has 6 nitrogen and oxygen atoms in total. The van der Waals surface area contributed by atoms with E-state index in [1.165, 1.54) is 0 Å². The Balaban J connectivity index is 2.41. The molecule has 1 saturated heterocycles. The Morgan fingerprint density at radius 1 is 1.53 bits per heavy atom. The fourth-order valence-electron chi connectivity index (χ4n) is 1.51. The number of hydrogen-bond donors (Lipinski definition) is 3. The maximum Gasteiger partial charge on any atom is 0.249 e. The molecule has 3 N–H and O–H groups in total. The first-order chi connectivity index (χ1) is 7.90. The number of hydrogen-bond acceptors (Lipinski definition) is 4. The number of nitrogens with one attached hydrogen (secondary N) is 2. The highest BCUT2D eigenvalue weighted by Crippen LogP contribution is 2.08. The van der Waals surface area contributed by atoms with Crippen molar-refractivity contribution in [2.24, 2.45) is 5.92 Å². The Morgan fingerprint density at radius 2 is 2.18 bits per heavy atom. The van der Waals surface area contributed by atoms with Gasteiger partial charge in [0.1, 0.15) is 6.04 Å². The largest absolute Gasteiger partial charge is 0.392 e. The minimum Gasteiger partial charge on any atom is -0.392 e. The number of carbonyl (C=O) groups is 3. The summed E-state index contributed by atoms with van der Waals surface area (Å²) in [6, 6.07) is -0.667. The van der Waals surface area contributed by atoms with Crippen molar-refractivity contribution in [2.75, 3.05) is 0 Å². The van der Waals surface area contributed by atoms with Crippen molar-refractivity contribution in [3.8, 4) is 0 Å². The molecule has 0 saturated carbocycles. The topological polar surface area (TPSA) is 95.5 Å². The van der Waals surface area contributed by atoms with E-state index in [0.717, 1.165) is 0 Å². The molecule has 1 fully saturated rings. The standard InChI is InChI=1S/C11H18N2O4/c1-6(2)8(14)5-10(16)12-7-3-4-9(15)13-11(7)17/h6-8,14H,3-5H2,1-2H3,(H,12,16)(H,13,15,17)/t7?,8-/m1/s1. The number of piperidine rings is 1. The van der Waals surface area contributed by atoms with Crippen LogP contribution in [0.4, 0.5) is 0 Å². The summed E-state index contributed by atoms with van der Waals surface area (Å²) in [6.07, 6.45) is -0.212. The molecular weight excluding hydrogens is 224 g/mol. The highest BCUT2D eigenvalue weighted by Gasteiger charge is 2.28. The van der Waals surface area contributed by atoms with E-state index in [-0.39, 0.29) is 30.6 Å². The molecule has 0 aromatic rings. The minimum atomic E-state index is -0.719. The predicted molar refractivity (Wildman–Crippen MR) is 59.8 cm³/mol. The lowest BCUT2D eigenvalue weighted by molar-refractivity contribution is -0.137. The van der Waals surface area contributed by atoms with Crippen molar-refractivity contribution in [1.82, 2.24) is 10.6 Å². The smallest absolute Gasteiger partial charge is 0.249 e. The Hall–Kier alpha value is -1.43. The van der Waals surface area contributed by atoms with Crippen LogP contribution in [-0.2, 0) is 14.4 Å². The van der Waals surface area contributed by atoms with Crippen molar-refractivity contribution >= 4 is 17.7 Å². The first kappa shape index (κ1) is 13.6. The molecule has 96 valence electrons. The monoisotopic (exact) mass is 242 g/mol. The van der Waals surface area contributed by atoms with Gasteiger partial charge >= 0.3 is 0 Å². The second-order valence-corrected chi connectivity index (χ2v) is 4.59. The van der Waals surface area contributed by atoms with E-state index in [0.29, 0.717) is 6.42 Å². The normalized spacial score (nSPS) is 22.2. The molecule has 17 heavy (non-hydrogen) atoms. The second kappa shape index (κ2) is 5.77. The van der Waals surface area contributed by atoms with Gasteiger partial charge in [-0.2, -0.15) is 0 Å². The Kier molecular flexibility index (Phi) is 4.62. The predicted octanol–water partition coefficient (Wildman–Crippen LogP) is -0.685. The molecule has 0 aromatic heterocycles. The van der Waals surface area contributed by atoms with Gasteiger partial charge in [-0.25, -0.2) is 0 Å². The fraction of sp³-hybridized carbons (Fsp3) is 0.727. The average Bonchev–Trinajstić information content (AvgIpc) is 2.22. The van der Waals surface area contributed by atoms with E-state index in [1.54, 1.807) is 0 Å². The lowest BCUT2D eigenvalue weighted by Gasteiger charge is -2.22. The zero-order chi connectivity index (χ0) is 13.0. The molecule has 0 bridgehead atoms. The van der Waals surface area contributed by atoms with Crippen LogP contribution in [0.2, 0.25) is 0 Å². The lowest BCUT2D eigenvalue weighted by Crippen LogP contribution is -2.52. The maximum absolute atomic E-state index is 11.5. The van der Waals surface area contributed by atoms with Crippen LogP contribution >= 0.6 is 0 Å². The van der Waals surface area contributed by atoms with E-state index in [1.807, 2.05) is 13.8 Å². The van der Waals surface area contributed by atoms with Crippen molar-refractivity contribution in [2.45, 2.75) is 45.3 Å². The Morgan fingerprint density at radius 3 is 2.71 bits per heavy atom. The molecule has 1 aliphatic rings. The summed E-state index contributed by atoms with van der Waals surface area (Å²) >= 11 is 0. The van der Waals surface area contributed by atoms with Gasteiger partial charge in [-0.15, -0.1) is 0 Å². The highest BCUT2D eigenvalue weighted by molar-refractivity contribution is 6.01. The third kappa shape index (κ3) is 4.14. The molecule has 1 rings (SSSR count). The van der Waals surface area contributed by atoms with Gasteiger partial charge in [-0.3, -0.25) is 19.7 Å². The number of aliphatic hydroxyl groups is 1. The van der Waals surface area contributed by atoms with Crippen LogP contribution in [0, 0.1) is 5.92 Å². The highest BCUT2D eigenvalue weighted by atomic mass is 16.3. The van der Waals surface area contributed by atoms with E-state index < -0.39 is 18.1 Å². The molecule has 1 unspecified atom stereocenters. The number of amides is 3. The van der Waals surface area contributed by atoms with E-state index >= 15 is 0 Å². The second-order valence-electron chi connectivity index (χ2n) is 4.59. The summed E-state index contributed by atoms with van der Waals surface area (Å²) in [4.78, 5) is 33.8. The average molecular weight is 242 g/mol. The van der Waals surface area contributed by atoms with Crippen LogP contribution in [0.5, 0.6) is 0 Å². The van der Waals surface area contributed by atoms with Crippen LogP contribution < -0.4 is 10.6 Å². The summed E-state index contributed by atoms with van der Waals surface area (Å²) in [5.74, 6) is -1.18. The van der Waals surface area contributed by atoms with E-state index in [9.17, 15) is 19.5 Å². The number of carbonyl (C=O) groups excluding carboxylic acids is 3. The lowest BCUT2D eigenvalue weighted by atomic mass is 10.0. The van der Waals surface area contributed by atoms with E-state index in [4.69, 9.17) is 0 Å². The number of aliphatic hydroxyl groups excluding tert-OH is 1. The van der Waals surface area contributed by atoms with Crippen LogP contribution in [0.3, 0.4) is 0 Å². The Bertz CT molecular complexity index is 327. The Labute approximate surface area is 99.8 Å². The van der Waals surface area contributed by atoms with Crippen molar-refractivity contribution in [3.05, 3.63) is 0 Å². The van der Waals surface area contributed by atoms with Crippen LogP contribution in [0.25, 0.3) is 0 Å². The van der Waals surface area contributed by atoms with Crippen molar-refractivity contribution < 1.29 is 19.5 Å². The quantitative estimate of drug-likeness (QED) is 0.569. The molecule has 1 aliphatic heterocycles. The summed E-state index contributed by atoms with van der Waals surface area (Å²) < 4.78 is 0. The first-order valence-electron chi connectivity index (χ1n) is 5.71. The van der Waals surface area contributed by atoms with Gasteiger partial charge in [0.2, 0.25) is 17.7 Å². The molecule has 0 spiro atoms. The molecular formula is C11H18N2O4. The summed E-state index contributed by atoms with van der Waals surface area (Å²) in [5.41, 5.74) is 0. The summed E-state index contributed by atoms with van der Waals surface area (Å²) in [5, 5.41) is 14.2. The van der Waals surface area contributed by atoms with Gasteiger partial charge in [0.15, 0.2) is 0 Å². The maximum atomic E-state index is 11.5. The number of imide groups is 1. The van der Waals surface area contributed by atoms with Gasteiger partial charge in [0.05, 0.1) is 12.5 Å². The van der Waals surface area contributed by atoms with Crippen molar-refractivity contribution in [3.63, 3.8) is 0 Å². The SMILES string of the molecule is CC(C)[C@H](O)CC(=O)NC1CCC(=O)NC1=O. The third-order valence-electron chi connectivity index (χ3n) is 2.74. The molecule has 2 atom stereocenters. The molecule has 6 heteroatoms. The molecule has 0 radical (unpaired) electrons. The van der Waals surface area contributed by atoms with Crippen LogP contribution in [-0.4, -0.2) is 35.0 Å². The van der Waals surface area contributed by atoms with Gasteiger partial charge in [0.25, 0.3) is 0 Å². The zero-order valence-electron chi connectivity index (χ0n) is 10.0.